The van der Waals surface area contributed by atoms with Crippen LogP contribution in [-0.2, 0) is 9.59 Å². The number of hydrogen-bond acceptors (Lipinski definition) is 3. The van der Waals surface area contributed by atoms with Crippen LogP contribution in [0.4, 0.5) is 11.4 Å². The standard InChI is InChI=1S/C21H23ClN2O3/c1-27-19-7-3-6-18(13-19)24-21(26)15-10-8-14(9-11-15)20(25)23-17-5-2-4-16(22)12-17/h2-7,12-15H,8-11H2,1H3,(H,23,25)(H,24,26). The van der Waals surface area contributed by atoms with Gasteiger partial charge in [-0.25, -0.2) is 0 Å². The quantitative estimate of drug-likeness (QED) is 0.780. The minimum atomic E-state index is -0.0788. The molecule has 0 atom stereocenters. The fourth-order valence-corrected chi connectivity index (χ4v) is 3.56. The predicted octanol–water partition coefficient (Wildman–Crippen LogP) is 4.73. The van der Waals surface area contributed by atoms with Crippen LogP contribution in [0.1, 0.15) is 25.7 Å². The average Bonchev–Trinajstić information content (AvgIpc) is 2.68. The van der Waals surface area contributed by atoms with Crippen LogP contribution in [0.2, 0.25) is 5.02 Å². The van der Waals surface area contributed by atoms with Crippen molar-refractivity contribution in [2.75, 3.05) is 17.7 Å². The summed E-state index contributed by atoms with van der Waals surface area (Å²) in [4.78, 5) is 25.0. The van der Waals surface area contributed by atoms with E-state index in [9.17, 15) is 9.59 Å². The Balaban J connectivity index is 1.50. The summed E-state index contributed by atoms with van der Waals surface area (Å²) in [5, 5.41) is 6.44. The number of ether oxygens (including phenoxy) is 1. The van der Waals surface area contributed by atoms with Crippen molar-refractivity contribution < 1.29 is 14.3 Å². The van der Waals surface area contributed by atoms with E-state index in [1.165, 1.54) is 0 Å². The molecule has 0 aromatic heterocycles. The summed E-state index contributed by atoms with van der Waals surface area (Å²) in [6.45, 7) is 0. The van der Waals surface area contributed by atoms with Gasteiger partial charge in [-0.2, -0.15) is 0 Å². The van der Waals surface area contributed by atoms with Crippen molar-refractivity contribution in [2.24, 2.45) is 11.8 Å². The number of carbonyl (C=O) groups is 2. The Morgan fingerprint density at radius 3 is 1.93 bits per heavy atom. The first kappa shape index (κ1) is 19.2. The number of hydrogen-bond donors (Lipinski definition) is 2. The molecule has 2 N–H and O–H groups in total. The van der Waals surface area contributed by atoms with Crippen LogP contribution in [0.15, 0.2) is 48.5 Å². The highest BCUT2D eigenvalue weighted by molar-refractivity contribution is 6.30. The first-order valence-electron chi connectivity index (χ1n) is 9.06. The monoisotopic (exact) mass is 386 g/mol. The third kappa shape index (κ3) is 5.23. The predicted molar refractivity (Wildman–Crippen MR) is 107 cm³/mol. The molecular weight excluding hydrogens is 364 g/mol. The van der Waals surface area contributed by atoms with E-state index in [1.54, 1.807) is 31.4 Å². The van der Waals surface area contributed by atoms with E-state index in [-0.39, 0.29) is 23.7 Å². The maximum atomic E-state index is 12.5. The molecule has 0 bridgehead atoms. The fraction of sp³-hybridized carbons (Fsp3) is 0.333. The molecular formula is C21H23ClN2O3. The van der Waals surface area contributed by atoms with Crippen LogP contribution in [0.25, 0.3) is 0 Å². The number of halogens is 1. The van der Waals surface area contributed by atoms with Gasteiger partial charge in [0, 0.05) is 34.3 Å². The van der Waals surface area contributed by atoms with Gasteiger partial charge in [0.05, 0.1) is 7.11 Å². The second-order valence-electron chi connectivity index (χ2n) is 6.77. The lowest BCUT2D eigenvalue weighted by atomic mass is 9.81. The van der Waals surface area contributed by atoms with Crippen molar-refractivity contribution in [2.45, 2.75) is 25.7 Å². The molecule has 0 radical (unpaired) electrons. The zero-order valence-electron chi connectivity index (χ0n) is 15.2. The highest BCUT2D eigenvalue weighted by Crippen LogP contribution is 2.31. The molecule has 1 aliphatic carbocycles. The SMILES string of the molecule is COc1cccc(NC(=O)C2CCC(C(=O)Nc3cccc(Cl)c3)CC2)c1. The van der Waals surface area contributed by atoms with E-state index in [2.05, 4.69) is 10.6 Å². The van der Waals surface area contributed by atoms with E-state index in [0.29, 0.717) is 42.1 Å². The van der Waals surface area contributed by atoms with Crippen molar-refractivity contribution in [3.63, 3.8) is 0 Å². The normalized spacial score (nSPS) is 19.2. The zero-order chi connectivity index (χ0) is 19.2. The van der Waals surface area contributed by atoms with E-state index in [0.717, 1.165) is 5.69 Å². The van der Waals surface area contributed by atoms with Gasteiger partial charge < -0.3 is 15.4 Å². The Morgan fingerprint density at radius 2 is 1.41 bits per heavy atom. The van der Waals surface area contributed by atoms with E-state index in [1.807, 2.05) is 24.3 Å². The maximum Gasteiger partial charge on any atom is 0.227 e. The van der Waals surface area contributed by atoms with Crippen molar-refractivity contribution in [3.8, 4) is 5.75 Å². The molecule has 27 heavy (non-hydrogen) atoms. The Kier molecular flexibility index (Phi) is 6.35. The van der Waals surface area contributed by atoms with Crippen LogP contribution in [0.3, 0.4) is 0 Å². The van der Waals surface area contributed by atoms with Crippen molar-refractivity contribution >= 4 is 34.8 Å². The third-order valence-corrected chi connectivity index (χ3v) is 5.13. The second kappa shape index (κ2) is 8.91. The molecule has 0 spiro atoms. The molecule has 2 aromatic rings. The van der Waals surface area contributed by atoms with Gasteiger partial charge in [0.2, 0.25) is 11.8 Å². The van der Waals surface area contributed by atoms with Gasteiger partial charge in [0.15, 0.2) is 0 Å². The third-order valence-electron chi connectivity index (χ3n) is 4.90. The molecule has 1 fully saturated rings. The number of carbonyl (C=O) groups excluding carboxylic acids is 2. The molecule has 142 valence electrons. The molecule has 5 nitrogen and oxygen atoms in total. The summed E-state index contributed by atoms with van der Waals surface area (Å²) in [5.74, 6) is 0.534. The number of amides is 2. The number of methoxy groups -OCH3 is 1. The Hall–Kier alpha value is -2.53. The fourth-order valence-electron chi connectivity index (χ4n) is 3.37. The molecule has 3 rings (SSSR count). The average molecular weight is 387 g/mol. The van der Waals surface area contributed by atoms with Crippen LogP contribution in [0.5, 0.6) is 5.75 Å². The number of rotatable bonds is 5. The molecule has 0 unspecified atom stereocenters. The van der Waals surface area contributed by atoms with Gasteiger partial charge in [-0.15, -0.1) is 0 Å². The minimum Gasteiger partial charge on any atom is -0.497 e. The molecule has 2 amide bonds. The molecule has 1 saturated carbocycles. The largest absolute Gasteiger partial charge is 0.497 e. The summed E-state index contributed by atoms with van der Waals surface area (Å²) in [5.41, 5.74) is 1.42. The van der Waals surface area contributed by atoms with Gasteiger partial charge in [0.1, 0.15) is 5.75 Å². The lowest BCUT2D eigenvalue weighted by molar-refractivity contribution is -0.125. The van der Waals surface area contributed by atoms with Crippen molar-refractivity contribution in [3.05, 3.63) is 53.6 Å². The summed E-state index contributed by atoms with van der Waals surface area (Å²) >= 11 is 5.95. The summed E-state index contributed by atoms with van der Waals surface area (Å²) in [6, 6.07) is 14.4. The first-order valence-corrected chi connectivity index (χ1v) is 9.44. The summed E-state index contributed by atoms with van der Waals surface area (Å²) in [7, 11) is 1.59. The molecule has 2 aromatic carbocycles. The molecule has 6 heteroatoms. The molecule has 0 saturated heterocycles. The number of anilines is 2. The second-order valence-corrected chi connectivity index (χ2v) is 7.21. The highest BCUT2D eigenvalue weighted by Gasteiger charge is 2.30. The molecule has 0 aliphatic heterocycles. The lowest BCUT2D eigenvalue weighted by Crippen LogP contribution is -2.32. The van der Waals surface area contributed by atoms with Crippen molar-refractivity contribution in [1.29, 1.82) is 0 Å². The van der Waals surface area contributed by atoms with Crippen LogP contribution >= 0.6 is 11.6 Å². The van der Waals surface area contributed by atoms with Gasteiger partial charge in [-0.05, 0) is 56.0 Å². The minimum absolute atomic E-state index is 0.00282. The van der Waals surface area contributed by atoms with Gasteiger partial charge in [0.25, 0.3) is 0 Å². The Labute approximate surface area is 164 Å². The van der Waals surface area contributed by atoms with Gasteiger partial charge >= 0.3 is 0 Å². The van der Waals surface area contributed by atoms with Crippen LogP contribution in [-0.4, -0.2) is 18.9 Å². The highest BCUT2D eigenvalue weighted by atomic mass is 35.5. The smallest absolute Gasteiger partial charge is 0.227 e. The van der Waals surface area contributed by atoms with E-state index in [4.69, 9.17) is 16.3 Å². The molecule has 1 aliphatic rings. The van der Waals surface area contributed by atoms with Crippen LogP contribution < -0.4 is 15.4 Å². The first-order chi connectivity index (χ1) is 13.0. The van der Waals surface area contributed by atoms with E-state index < -0.39 is 0 Å². The molecule has 0 heterocycles. The van der Waals surface area contributed by atoms with E-state index >= 15 is 0 Å². The van der Waals surface area contributed by atoms with Crippen LogP contribution in [0, 0.1) is 11.8 Å². The zero-order valence-corrected chi connectivity index (χ0v) is 16.0. The Morgan fingerprint density at radius 1 is 0.889 bits per heavy atom. The van der Waals surface area contributed by atoms with Crippen molar-refractivity contribution in [1.82, 2.24) is 0 Å². The van der Waals surface area contributed by atoms with Gasteiger partial charge in [-0.1, -0.05) is 23.7 Å². The van der Waals surface area contributed by atoms with Gasteiger partial charge in [-0.3, -0.25) is 9.59 Å². The summed E-state index contributed by atoms with van der Waals surface area (Å²) < 4.78 is 5.17. The topological polar surface area (TPSA) is 67.4 Å². The number of benzene rings is 2. The number of nitrogens with one attached hydrogen (secondary N) is 2. The Bertz CT molecular complexity index is 817. The maximum absolute atomic E-state index is 12.5. The summed E-state index contributed by atoms with van der Waals surface area (Å²) in [6.07, 6.45) is 2.79. The lowest BCUT2D eigenvalue weighted by Gasteiger charge is -2.27.